The summed E-state index contributed by atoms with van der Waals surface area (Å²) in [7, 11) is 0. The summed E-state index contributed by atoms with van der Waals surface area (Å²) in [5, 5.41) is 5.41. The molecule has 0 spiro atoms. The summed E-state index contributed by atoms with van der Waals surface area (Å²) in [6, 6.07) is 8.23. The first-order chi connectivity index (χ1) is 13.2. The molecule has 0 saturated carbocycles. The zero-order chi connectivity index (χ0) is 20.7. The third-order valence-corrected chi connectivity index (χ3v) is 3.80. The summed E-state index contributed by atoms with van der Waals surface area (Å²) in [6.07, 6.45) is 0.910. The molecule has 0 saturated heterocycles. The predicted octanol–water partition coefficient (Wildman–Crippen LogP) is 2.72. The number of carbonyl (C=O) groups excluding carboxylic acids is 3. The van der Waals surface area contributed by atoms with Gasteiger partial charge in [-0.05, 0) is 33.3 Å². The number of rotatable bonds is 6. The van der Waals surface area contributed by atoms with Crippen LogP contribution in [0, 0.1) is 0 Å². The molecule has 152 valence electrons. The van der Waals surface area contributed by atoms with Crippen LogP contribution < -0.4 is 10.6 Å². The second-order valence-corrected chi connectivity index (χ2v) is 7.22. The van der Waals surface area contributed by atoms with Crippen LogP contribution in [-0.2, 0) is 14.3 Å². The molecule has 1 aromatic carbocycles. The van der Waals surface area contributed by atoms with Crippen LogP contribution in [-0.4, -0.2) is 48.3 Å². The van der Waals surface area contributed by atoms with Gasteiger partial charge in [-0.25, -0.2) is 14.4 Å². The minimum atomic E-state index is -0.605. The molecular formula is C20H27N3O5. The van der Waals surface area contributed by atoms with Gasteiger partial charge in [-0.1, -0.05) is 30.3 Å². The van der Waals surface area contributed by atoms with Crippen molar-refractivity contribution in [3.05, 3.63) is 47.7 Å². The highest BCUT2D eigenvalue weighted by Crippen LogP contribution is 2.26. The van der Waals surface area contributed by atoms with Gasteiger partial charge in [0.1, 0.15) is 5.60 Å². The van der Waals surface area contributed by atoms with Crippen LogP contribution in [0.1, 0.15) is 39.3 Å². The average molecular weight is 389 g/mol. The van der Waals surface area contributed by atoms with Crippen molar-refractivity contribution in [2.45, 2.75) is 39.3 Å². The van der Waals surface area contributed by atoms with Crippen LogP contribution in [0.15, 0.2) is 42.1 Å². The van der Waals surface area contributed by atoms with Crippen LogP contribution >= 0.6 is 0 Å². The molecular weight excluding hydrogens is 362 g/mol. The lowest BCUT2D eigenvalue weighted by molar-refractivity contribution is -0.139. The zero-order valence-electron chi connectivity index (χ0n) is 16.7. The lowest BCUT2D eigenvalue weighted by Crippen LogP contribution is -2.47. The minimum Gasteiger partial charge on any atom is -0.463 e. The van der Waals surface area contributed by atoms with Crippen LogP contribution in [0.3, 0.4) is 0 Å². The number of amides is 3. The molecule has 1 atom stereocenters. The van der Waals surface area contributed by atoms with Crippen molar-refractivity contribution in [1.29, 1.82) is 0 Å². The van der Waals surface area contributed by atoms with Gasteiger partial charge in [-0.2, -0.15) is 0 Å². The van der Waals surface area contributed by atoms with Gasteiger partial charge < -0.3 is 20.1 Å². The Kier molecular flexibility index (Phi) is 7.03. The van der Waals surface area contributed by atoms with E-state index in [1.807, 2.05) is 30.3 Å². The van der Waals surface area contributed by atoms with Crippen molar-refractivity contribution in [2.75, 3.05) is 19.7 Å². The Balaban J connectivity index is 2.10. The summed E-state index contributed by atoms with van der Waals surface area (Å²) >= 11 is 0. The zero-order valence-corrected chi connectivity index (χ0v) is 16.7. The Hall–Kier alpha value is -3.03. The molecule has 0 radical (unpaired) electrons. The van der Waals surface area contributed by atoms with Crippen LogP contribution in [0.5, 0.6) is 0 Å². The Morgan fingerprint density at radius 3 is 2.50 bits per heavy atom. The van der Waals surface area contributed by atoms with Gasteiger partial charge in [0.2, 0.25) is 0 Å². The lowest BCUT2D eigenvalue weighted by Gasteiger charge is -2.31. The molecule has 8 nitrogen and oxygen atoms in total. The van der Waals surface area contributed by atoms with E-state index in [1.54, 1.807) is 27.7 Å². The van der Waals surface area contributed by atoms with Gasteiger partial charge in [0, 0.05) is 19.3 Å². The quantitative estimate of drug-likeness (QED) is 0.729. The maximum Gasteiger partial charge on any atom is 0.407 e. The number of nitrogens with one attached hydrogen (secondary N) is 2. The van der Waals surface area contributed by atoms with Crippen LogP contribution in [0.25, 0.3) is 0 Å². The van der Waals surface area contributed by atoms with E-state index in [-0.39, 0.29) is 25.7 Å². The first kappa shape index (κ1) is 21.3. The van der Waals surface area contributed by atoms with Crippen molar-refractivity contribution in [3.8, 4) is 0 Å². The molecule has 0 aromatic heterocycles. The Labute approximate surface area is 164 Å². The van der Waals surface area contributed by atoms with Gasteiger partial charge in [-0.15, -0.1) is 0 Å². The summed E-state index contributed by atoms with van der Waals surface area (Å²) in [5.74, 6) is -0.499. The van der Waals surface area contributed by atoms with Crippen molar-refractivity contribution < 1.29 is 23.9 Å². The van der Waals surface area contributed by atoms with E-state index < -0.39 is 23.7 Å². The molecule has 8 heteroatoms. The van der Waals surface area contributed by atoms with Crippen molar-refractivity contribution in [1.82, 2.24) is 15.5 Å². The Bertz CT molecular complexity index is 740. The number of ether oxygens (including phenoxy) is 2. The molecule has 2 rings (SSSR count). The molecule has 1 unspecified atom stereocenters. The number of urea groups is 1. The fourth-order valence-corrected chi connectivity index (χ4v) is 2.64. The molecule has 0 fully saturated rings. The Morgan fingerprint density at radius 2 is 1.89 bits per heavy atom. The molecule has 0 aliphatic carbocycles. The van der Waals surface area contributed by atoms with Gasteiger partial charge >= 0.3 is 18.1 Å². The van der Waals surface area contributed by atoms with Crippen molar-refractivity contribution >= 4 is 18.1 Å². The second kappa shape index (κ2) is 9.25. The molecule has 1 aliphatic rings. The number of esters is 1. The van der Waals surface area contributed by atoms with E-state index in [4.69, 9.17) is 9.47 Å². The standard InChI is InChI=1S/C20H27N3O5/c1-5-27-17(24)15-13-23(12-11-21-19(26)28-20(2,3)4)18(25)22-16(15)14-9-7-6-8-10-14/h6-10,13,16H,5,11-12H2,1-4H3,(H,21,26)(H,22,25). The molecule has 1 aromatic rings. The normalized spacial score (nSPS) is 16.7. The molecule has 2 N–H and O–H groups in total. The predicted molar refractivity (Wildman–Crippen MR) is 103 cm³/mol. The van der Waals surface area contributed by atoms with E-state index in [1.165, 1.54) is 11.1 Å². The SMILES string of the molecule is CCOC(=O)C1=CN(CCNC(=O)OC(C)(C)C)C(=O)NC1c1ccccc1. The van der Waals surface area contributed by atoms with E-state index in [2.05, 4.69) is 10.6 Å². The molecule has 1 heterocycles. The van der Waals surface area contributed by atoms with E-state index >= 15 is 0 Å². The maximum atomic E-state index is 12.5. The van der Waals surface area contributed by atoms with Gasteiger partial charge in [0.25, 0.3) is 0 Å². The topological polar surface area (TPSA) is 97.0 Å². The second-order valence-electron chi connectivity index (χ2n) is 7.22. The average Bonchev–Trinajstić information content (AvgIpc) is 2.62. The number of carbonyl (C=O) groups is 3. The molecule has 0 bridgehead atoms. The number of hydrogen-bond acceptors (Lipinski definition) is 5. The molecule has 28 heavy (non-hydrogen) atoms. The van der Waals surface area contributed by atoms with Crippen LogP contribution in [0.2, 0.25) is 0 Å². The number of alkyl carbamates (subject to hydrolysis) is 1. The maximum absolute atomic E-state index is 12.5. The molecule has 1 aliphatic heterocycles. The van der Waals surface area contributed by atoms with E-state index in [0.717, 1.165) is 5.56 Å². The summed E-state index contributed by atoms with van der Waals surface area (Å²) < 4.78 is 10.3. The number of nitrogens with zero attached hydrogens (tertiary/aromatic N) is 1. The highest BCUT2D eigenvalue weighted by molar-refractivity contribution is 5.93. The summed E-state index contributed by atoms with van der Waals surface area (Å²) in [5.41, 5.74) is 0.499. The smallest absolute Gasteiger partial charge is 0.407 e. The highest BCUT2D eigenvalue weighted by atomic mass is 16.6. The number of hydrogen-bond donors (Lipinski definition) is 2. The van der Waals surface area contributed by atoms with E-state index in [0.29, 0.717) is 5.57 Å². The lowest BCUT2D eigenvalue weighted by atomic mass is 9.98. The summed E-state index contributed by atoms with van der Waals surface area (Å²) in [6.45, 7) is 7.60. The van der Waals surface area contributed by atoms with Gasteiger partial charge in [0.15, 0.2) is 0 Å². The van der Waals surface area contributed by atoms with Gasteiger partial charge in [-0.3, -0.25) is 4.90 Å². The largest absolute Gasteiger partial charge is 0.463 e. The fraction of sp³-hybridized carbons (Fsp3) is 0.450. The third-order valence-electron chi connectivity index (χ3n) is 3.80. The Morgan fingerprint density at radius 1 is 1.21 bits per heavy atom. The fourth-order valence-electron chi connectivity index (χ4n) is 2.64. The van der Waals surface area contributed by atoms with Gasteiger partial charge in [0.05, 0.1) is 18.2 Å². The molecule has 3 amide bonds. The monoisotopic (exact) mass is 389 g/mol. The van der Waals surface area contributed by atoms with Crippen LogP contribution in [0.4, 0.5) is 9.59 Å². The number of benzene rings is 1. The van der Waals surface area contributed by atoms with Crippen molar-refractivity contribution in [2.24, 2.45) is 0 Å². The minimum absolute atomic E-state index is 0.172. The first-order valence-electron chi connectivity index (χ1n) is 9.19. The third kappa shape index (κ3) is 6.00. The van der Waals surface area contributed by atoms with E-state index in [9.17, 15) is 14.4 Å². The summed E-state index contributed by atoms with van der Waals surface area (Å²) in [4.78, 5) is 38.0. The first-order valence-corrected chi connectivity index (χ1v) is 9.19. The highest BCUT2D eigenvalue weighted by Gasteiger charge is 2.32. The van der Waals surface area contributed by atoms with Crippen molar-refractivity contribution in [3.63, 3.8) is 0 Å².